The molecule has 0 spiro atoms. The van der Waals surface area contributed by atoms with Crippen molar-refractivity contribution in [2.75, 3.05) is 24.5 Å². The highest BCUT2D eigenvalue weighted by Crippen LogP contribution is 2.27. The van der Waals surface area contributed by atoms with Crippen LogP contribution >= 0.6 is 11.6 Å². The molecule has 0 saturated heterocycles. The fourth-order valence-electron chi connectivity index (χ4n) is 3.73. The molecule has 0 bridgehead atoms. The maximum absolute atomic E-state index is 13.7. The van der Waals surface area contributed by atoms with E-state index in [-0.39, 0.29) is 23.0 Å². The van der Waals surface area contributed by atoms with Gasteiger partial charge in [0, 0.05) is 18.6 Å². The first-order chi connectivity index (χ1) is 17.7. The smallest absolute Gasteiger partial charge is 0.264 e. The number of hydrogen-bond acceptors (Lipinski definition) is 5. The van der Waals surface area contributed by atoms with E-state index in [9.17, 15) is 18.0 Å². The number of sulfonamides is 1. The largest absolute Gasteiger partial charge is 0.494 e. The summed E-state index contributed by atoms with van der Waals surface area (Å²) in [6.07, 6.45) is 0. The van der Waals surface area contributed by atoms with Crippen molar-refractivity contribution in [3.05, 3.63) is 89.4 Å². The zero-order valence-electron chi connectivity index (χ0n) is 20.9. The monoisotopic (exact) mass is 543 g/mol. The van der Waals surface area contributed by atoms with E-state index in [1.54, 1.807) is 73.7 Å². The molecule has 3 aromatic carbocycles. The number of amides is 2. The van der Waals surface area contributed by atoms with Crippen LogP contribution in [0.4, 0.5) is 5.69 Å². The highest BCUT2D eigenvalue weighted by Gasteiger charge is 2.32. The van der Waals surface area contributed by atoms with Crippen LogP contribution in [-0.2, 0) is 26.2 Å². The Hall–Kier alpha value is -3.56. The molecule has 0 unspecified atom stereocenters. The number of hydrogen-bond donors (Lipinski definition) is 1. The molecular formula is C27H30ClN3O5S. The molecule has 0 aliphatic rings. The Morgan fingerprint density at radius 3 is 2.19 bits per heavy atom. The Kier molecular flexibility index (Phi) is 9.54. The van der Waals surface area contributed by atoms with Crippen LogP contribution in [0.2, 0.25) is 5.02 Å². The third-order valence-corrected chi connectivity index (χ3v) is 7.91. The summed E-state index contributed by atoms with van der Waals surface area (Å²) in [5, 5.41) is 2.98. The van der Waals surface area contributed by atoms with E-state index in [0.29, 0.717) is 22.9 Å². The third-order valence-electron chi connectivity index (χ3n) is 5.76. The second-order valence-corrected chi connectivity index (χ2v) is 10.4. The first kappa shape index (κ1) is 28.0. The summed E-state index contributed by atoms with van der Waals surface area (Å²) in [6.45, 7) is 3.38. The lowest BCUT2D eigenvalue weighted by Crippen LogP contribution is -2.50. The summed E-state index contributed by atoms with van der Waals surface area (Å²) in [7, 11) is -2.65. The van der Waals surface area contributed by atoms with E-state index < -0.39 is 28.5 Å². The quantitative estimate of drug-likeness (QED) is 0.393. The number of rotatable bonds is 11. The average molecular weight is 544 g/mol. The fraction of sp³-hybridized carbons (Fsp3) is 0.259. The zero-order valence-corrected chi connectivity index (χ0v) is 22.5. The molecule has 3 aromatic rings. The number of likely N-dealkylation sites (N-methyl/N-ethyl adjacent to an activating group) is 1. The number of carbonyl (C=O) groups is 2. The fourth-order valence-corrected chi connectivity index (χ4v) is 5.36. The Morgan fingerprint density at radius 1 is 0.973 bits per heavy atom. The molecule has 10 heteroatoms. The van der Waals surface area contributed by atoms with Crippen molar-refractivity contribution >= 4 is 39.1 Å². The van der Waals surface area contributed by atoms with Crippen molar-refractivity contribution in [3.63, 3.8) is 0 Å². The van der Waals surface area contributed by atoms with Crippen molar-refractivity contribution in [1.29, 1.82) is 0 Å². The minimum atomic E-state index is -4.12. The maximum atomic E-state index is 13.7. The molecule has 196 valence electrons. The molecule has 37 heavy (non-hydrogen) atoms. The average Bonchev–Trinajstić information content (AvgIpc) is 2.91. The van der Waals surface area contributed by atoms with Crippen LogP contribution in [0.5, 0.6) is 5.75 Å². The summed E-state index contributed by atoms with van der Waals surface area (Å²) in [5.74, 6) is -0.383. The van der Waals surface area contributed by atoms with Gasteiger partial charge in [-0.3, -0.25) is 13.9 Å². The second kappa shape index (κ2) is 12.6. The van der Waals surface area contributed by atoms with Crippen LogP contribution in [0.1, 0.15) is 19.4 Å². The first-order valence-corrected chi connectivity index (χ1v) is 13.6. The van der Waals surface area contributed by atoms with Gasteiger partial charge >= 0.3 is 0 Å². The Balaban J connectivity index is 2.02. The molecular weight excluding hydrogens is 514 g/mol. The van der Waals surface area contributed by atoms with E-state index in [0.717, 1.165) is 4.31 Å². The zero-order chi connectivity index (χ0) is 27.0. The molecule has 0 radical (unpaired) electrons. The standard InChI is InChI=1S/C27H30ClN3O5S/c1-4-36-23-16-14-22(15-17-23)31(37(34,35)24-11-6-5-7-12-24)19-26(32)30(20(2)27(33)29-3)18-21-10-8-9-13-25(21)28/h5-17,20H,4,18-19H2,1-3H3,(H,29,33)/t20-/m1/s1. The molecule has 0 saturated carbocycles. The van der Waals surface area contributed by atoms with E-state index in [1.165, 1.54) is 24.1 Å². The van der Waals surface area contributed by atoms with Crippen LogP contribution in [0.25, 0.3) is 0 Å². The van der Waals surface area contributed by atoms with Gasteiger partial charge in [-0.2, -0.15) is 0 Å². The van der Waals surface area contributed by atoms with Gasteiger partial charge in [-0.1, -0.05) is 48.0 Å². The summed E-state index contributed by atoms with van der Waals surface area (Å²) >= 11 is 6.33. The number of halogens is 1. The first-order valence-electron chi connectivity index (χ1n) is 11.7. The molecule has 0 aliphatic carbocycles. The van der Waals surface area contributed by atoms with Gasteiger partial charge in [-0.25, -0.2) is 8.42 Å². The molecule has 0 heterocycles. The van der Waals surface area contributed by atoms with Crippen molar-refractivity contribution < 1.29 is 22.7 Å². The van der Waals surface area contributed by atoms with Crippen molar-refractivity contribution in [2.24, 2.45) is 0 Å². The molecule has 0 fully saturated rings. The summed E-state index contributed by atoms with van der Waals surface area (Å²) in [4.78, 5) is 27.6. The minimum Gasteiger partial charge on any atom is -0.494 e. The number of nitrogens with one attached hydrogen (secondary N) is 1. The van der Waals surface area contributed by atoms with E-state index >= 15 is 0 Å². The Labute approximate surface area is 222 Å². The van der Waals surface area contributed by atoms with Gasteiger partial charge in [-0.05, 0) is 61.9 Å². The van der Waals surface area contributed by atoms with Crippen molar-refractivity contribution in [1.82, 2.24) is 10.2 Å². The summed E-state index contributed by atoms with van der Waals surface area (Å²) in [6, 6.07) is 20.4. The molecule has 1 atom stereocenters. The van der Waals surface area contributed by atoms with Crippen LogP contribution in [0.15, 0.2) is 83.8 Å². The Morgan fingerprint density at radius 2 is 1.59 bits per heavy atom. The van der Waals surface area contributed by atoms with Gasteiger partial charge < -0.3 is 15.0 Å². The third kappa shape index (κ3) is 6.81. The number of nitrogens with zero attached hydrogens (tertiary/aromatic N) is 2. The summed E-state index contributed by atoms with van der Waals surface area (Å²) < 4.78 is 33.9. The van der Waals surface area contributed by atoms with E-state index in [1.807, 2.05) is 6.92 Å². The molecule has 8 nitrogen and oxygen atoms in total. The predicted octanol–water partition coefficient (Wildman–Crippen LogP) is 4.10. The van der Waals surface area contributed by atoms with Crippen LogP contribution in [-0.4, -0.2) is 51.4 Å². The van der Waals surface area contributed by atoms with Gasteiger partial charge in [-0.15, -0.1) is 0 Å². The number of carbonyl (C=O) groups excluding carboxylic acids is 2. The molecule has 3 rings (SSSR count). The van der Waals surface area contributed by atoms with Crippen LogP contribution < -0.4 is 14.4 Å². The van der Waals surface area contributed by atoms with Gasteiger partial charge in [0.25, 0.3) is 10.0 Å². The topological polar surface area (TPSA) is 96.0 Å². The van der Waals surface area contributed by atoms with E-state index in [2.05, 4.69) is 5.32 Å². The van der Waals surface area contributed by atoms with Crippen molar-refractivity contribution in [2.45, 2.75) is 31.3 Å². The highest BCUT2D eigenvalue weighted by atomic mass is 35.5. The lowest BCUT2D eigenvalue weighted by molar-refractivity contribution is -0.139. The number of anilines is 1. The second-order valence-electron chi connectivity index (χ2n) is 8.15. The Bertz CT molecular complexity index is 1320. The molecule has 2 amide bonds. The van der Waals surface area contributed by atoms with Crippen molar-refractivity contribution in [3.8, 4) is 5.75 Å². The lowest BCUT2D eigenvalue weighted by Gasteiger charge is -2.32. The van der Waals surface area contributed by atoms with Crippen LogP contribution in [0, 0.1) is 0 Å². The van der Waals surface area contributed by atoms with Gasteiger partial charge in [0.05, 0.1) is 17.2 Å². The summed E-state index contributed by atoms with van der Waals surface area (Å²) in [5.41, 5.74) is 0.915. The lowest BCUT2D eigenvalue weighted by atomic mass is 10.1. The van der Waals surface area contributed by atoms with Gasteiger partial charge in [0.15, 0.2) is 0 Å². The number of benzene rings is 3. The normalized spacial score (nSPS) is 11.9. The SMILES string of the molecule is CCOc1ccc(N(CC(=O)N(Cc2ccccc2Cl)[C@H](C)C(=O)NC)S(=O)(=O)c2ccccc2)cc1. The molecule has 1 N–H and O–H groups in total. The van der Waals surface area contributed by atoms with Gasteiger partial charge in [0.1, 0.15) is 18.3 Å². The number of ether oxygens (including phenoxy) is 1. The highest BCUT2D eigenvalue weighted by molar-refractivity contribution is 7.92. The van der Waals surface area contributed by atoms with E-state index in [4.69, 9.17) is 16.3 Å². The predicted molar refractivity (Wildman–Crippen MR) is 144 cm³/mol. The maximum Gasteiger partial charge on any atom is 0.264 e. The minimum absolute atomic E-state index is 0.0234. The van der Waals surface area contributed by atoms with Gasteiger partial charge in [0.2, 0.25) is 11.8 Å². The van der Waals surface area contributed by atoms with Crippen LogP contribution in [0.3, 0.4) is 0 Å². The molecule has 0 aliphatic heterocycles. The molecule has 0 aromatic heterocycles.